The smallest absolute Gasteiger partial charge is 0.404 e. The molecule has 146 valence electrons. The van der Waals surface area contributed by atoms with Gasteiger partial charge in [-0.3, -0.25) is 14.9 Å². The van der Waals surface area contributed by atoms with Crippen molar-refractivity contribution in [1.82, 2.24) is 20.2 Å². The summed E-state index contributed by atoms with van der Waals surface area (Å²) in [6.45, 7) is 5.10. The van der Waals surface area contributed by atoms with Gasteiger partial charge in [-0.05, 0) is 42.0 Å². The monoisotopic (exact) mass is 386 g/mol. The number of nitrogens with zero attached hydrogens (tertiary/aromatic N) is 4. The minimum Gasteiger partial charge on any atom is -0.404 e. The Morgan fingerprint density at radius 2 is 1.93 bits per heavy atom. The fourth-order valence-corrected chi connectivity index (χ4v) is 2.20. The van der Waals surface area contributed by atoms with Gasteiger partial charge >= 0.3 is 6.36 Å². The molecular formula is C15H17F3N6O3. The van der Waals surface area contributed by atoms with Crippen LogP contribution in [0.4, 0.5) is 24.8 Å². The van der Waals surface area contributed by atoms with Crippen molar-refractivity contribution in [2.24, 2.45) is 0 Å². The number of rotatable bonds is 6. The lowest BCUT2D eigenvalue weighted by Gasteiger charge is -2.18. The number of carbonyl (C=O) groups is 2. The normalized spacial score (nSPS) is 11.2. The van der Waals surface area contributed by atoms with E-state index in [9.17, 15) is 22.8 Å². The van der Waals surface area contributed by atoms with Gasteiger partial charge in [-0.2, -0.15) is 0 Å². The van der Waals surface area contributed by atoms with Crippen LogP contribution < -0.4 is 15.4 Å². The van der Waals surface area contributed by atoms with Crippen LogP contribution in [-0.4, -0.2) is 38.4 Å². The molecule has 1 aromatic heterocycles. The van der Waals surface area contributed by atoms with Crippen LogP contribution in [0.3, 0.4) is 0 Å². The van der Waals surface area contributed by atoms with Crippen LogP contribution in [0.25, 0.3) is 0 Å². The van der Waals surface area contributed by atoms with Gasteiger partial charge in [0.05, 0.1) is 5.69 Å². The minimum absolute atomic E-state index is 0.0292. The second-order valence-corrected chi connectivity index (χ2v) is 5.33. The number of hydrogen-bond donors (Lipinski definition) is 2. The zero-order chi connectivity index (χ0) is 20.2. The average molecular weight is 386 g/mol. The van der Waals surface area contributed by atoms with E-state index in [1.165, 1.54) is 18.5 Å². The molecule has 1 heterocycles. The number of hydrogen-bond acceptors (Lipinski definition) is 6. The first-order valence-electron chi connectivity index (χ1n) is 7.93. The Kier molecular flexibility index (Phi) is 5.98. The molecule has 0 saturated carbocycles. The fourth-order valence-electron chi connectivity index (χ4n) is 2.20. The Balaban J connectivity index is 2.40. The van der Waals surface area contributed by atoms with Crippen molar-refractivity contribution in [3.05, 3.63) is 23.3 Å². The molecule has 12 heteroatoms. The van der Waals surface area contributed by atoms with Crippen LogP contribution in [0.15, 0.2) is 12.1 Å². The summed E-state index contributed by atoms with van der Waals surface area (Å²) >= 11 is 0. The van der Waals surface area contributed by atoms with Gasteiger partial charge in [0.15, 0.2) is 5.75 Å². The van der Waals surface area contributed by atoms with Crippen LogP contribution in [0.5, 0.6) is 5.75 Å². The SMILES string of the molecule is CCC(=O)Nc1c(OC(F)(F)F)ccc(C(=O)Nc2nnnn2CC)c1C. The Hall–Kier alpha value is -3.18. The number of aromatic nitrogens is 4. The predicted octanol–water partition coefficient (Wildman–Crippen LogP) is 2.50. The molecule has 9 nitrogen and oxygen atoms in total. The molecule has 0 bridgehead atoms. The van der Waals surface area contributed by atoms with Gasteiger partial charge in [0, 0.05) is 18.5 Å². The van der Waals surface area contributed by atoms with E-state index in [2.05, 4.69) is 30.9 Å². The zero-order valence-corrected chi connectivity index (χ0v) is 14.7. The molecule has 0 spiro atoms. The quantitative estimate of drug-likeness (QED) is 0.789. The first-order valence-corrected chi connectivity index (χ1v) is 7.93. The number of ether oxygens (including phenoxy) is 1. The van der Waals surface area contributed by atoms with E-state index in [-0.39, 0.29) is 29.2 Å². The number of benzene rings is 1. The maximum atomic E-state index is 12.6. The molecule has 0 atom stereocenters. The molecule has 0 aliphatic rings. The average Bonchev–Trinajstić information content (AvgIpc) is 3.03. The third-order valence-electron chi connectivity index (χ3n) is 3.54. The third-order valence-corrected chi connectivity index (χ3v) is 3.54. The van der Waals surface area contributed by atoms with Gasteiger partial charge in [-0.15, -0.1) is 13.2 Å². The Morgan fingerprint density at radius 3 is 2.52 bits per heavy atom. The second-order valence-electron chi connectivity index (χ2n) is 5.33. The van der Waals surface area contributed by atoms with Gasteiger partial charge in [0.1, 0.15) is 0 Å². The molecule has 2 N–H and O–H groups in total. The number of nitrogens with one attached hydrogen (secondary N) is 2. The van der Waals surface area contributed by atoms with Gasteiger partial charge in [-0.25, -0.2) is 4.68 Å². The summed E-state index contributed by atoms with van der Waals surface area (Å²) in [6.07, 6.45) is -4.92. The van der Waals surface area contributed by atoms with E-state index < -0.39 is 23.9 Å². The van der Waals surface area contributed by atoms with Gasteiger partial charge in [-0.1, -0.05) is 12.0 Å². The Labute approximate surface area is 151 Å². The lowest BCUT2D eigenvalue weighted by Crippen LogP contribution is -2.22. The molecule has 2 amide bonds. The second kappa shape index (κ2) is 8.01. The van der Waals surface area contributed by atoms with Crippen molar-refractivity contribution in [1.29, 1.82) is 0 Å². The number of tetrazole rings is 1. The lowest BCUT2D eigenvalue weighted by molar-refractivity contribution is -0.274. The van der Waals surface area contributed by atoms with E-state index >= 15 is 0 Å². The summed E-state index contributed by atoms with van der Waals surface area (Å²) in [7, 11) is 0. The molecule has 0 unspecified atom stereocenters. The third kappa shape index (κ3) is 4.92. The largest absolute Gasteiger partial charge is 0.573 e. The number of amides is 2. The Morgan fingerprint density at radius 1 is 1.22 bits per heavy atom. The highest BCUT2D eigenvalue weighted by atomic mass is 19.4. The number of anilines is 2. The van der Waals surface area contributed by atoms with Crippen molar-refractivity contribution in [3.63, 3.8) is 0 Å². The van der Waals surface area contributed by atoms with Gasteiger partial charge in [0.2, 0.25) is 11.9 Å². The first kappa shape index (κ1) is 20.1. The van der Waals surface area contributed by atoms with Crippen LogP contribution in [0.2, 0.25) is 0 Å². The van der Waals surface area contributed by atoms with Crippen LogP contribution in [-0.2, 0) is 11.3 Å². The van der Waals surface area contributed by atoms with Crippen molar-refractivity contribution in [2.75, 3.05) is 10.6 Å². The predicted molar refractivity (Wildman–Crippen MR) is 88.2 cm³/mol. The molecule has 2 aromatic rings. The van der Waals surface area contributed by atoms with Gasteiger partial charge < -0.3 is 10.1 Å². The van der Waals surface area contributed by atoms with E-state index in [1.807, 2.05) is 0 Å². The van der Waals surface area contributed by atoms with Crippen molar-refractivity contribution < 1.29 is 27.5 Å². The maximum Gasteiger partial charge on any atom is 0.573 e. The summed E-state index contributed by atoms with van der Waals surface area (Å²) in [4.78, 5) is 24.2. The standard InChI is InChI=1S/C15H17F3N6O3/c1-4-11(25)19-12-8(3)9(6-7-10(12)27-15(16,17)18)13(26)20-14-21-22-23-24(14)5-2/h6-7H,4-5H2,1-3H3,(H,19,25)(H,20,21,23,26). The Bertz CT molecular complexity index is 850. The number of aryl methyl sites for hydroxylation is 1. The van der Waals surface area contributed by atoms with E-state index in [1.54, 1.807) is 6.92 Å². The van der Waals surface area contributed by atoms with Crippen LogP contribution in [0.1, 0.15) is 36.2 Å². The minimum atomic E-state index is -4.95. The van der Waals surface area contributed by atoms with Crippen molar-refractivity contribution in [3.8, 4) is 5.75 Å². The summed E-state index contributed by atoms with van der Waals surface area (Å²) < 4.78 is 43.2. The maximum absolute atomic E-state index is 12.6. The molecule has 1 aromatic carbocycles. The van der Waals surface area contributed by atoms with Crippen LogP contribution >= 0.6 is 0 Å². The summed E-state index contributed by atoms with van der Waals surface area (Å²) in [6, 6.07) is 2.12. The topological polar surface area (TPSA) is 111 Å². The van der Waals surface area contributed by atoms with E-state index in [0.29, 0.717) is 6.54 Å². The molecule has 27 heavy (non-hydrogen) atoms. The molecule has 0 aliphatic carbocycles. The highest BCUT2D eigenvalue weighted by Gasteiger charge is 2.33. The highest BCUT2D eigenvalue weighted by Crippen LogP contribution is 2.35. The molecule has 2 rings (SSSR count). The zero-order valence-electron chi connectivity index (χ0n) is 14.7. The van der Waals surface area contributed by atoms with Crippen molar-refractivity contribution in [2.45, 2.75) is 40.1 Å². The molecule has 0 saturated heterocycles. The van der Waals surface area contributed by atoms with Crippen LogP contribution in [0, 0.1) is 6.92 Å². The number of alkyl halides is 3. The summed E-state index contributed by atoms with van der Waals surface area (Å²) in [5.41, 5.74) is -0.102. The van der Waals surface area contributed by atoms with E-state index in [0.717, 1.165) is 12.1 Å². The highest BCUT2D eigenvalue weighted by molar-refractivity contribution is 6.06. The van der Waals surface area contributed by atoms with E-state index in [4.69, 9.17) is 0 Å². The summed E-state index contributed by atoms with van der Waals surface area (Å²) in [5.74, 6) is -1.71. The number of halogens is 3. The molecule has 0 aliphatic heterocycles. The fraction of sp³-hybridized carbons (Fsp3) is 0.400. The molecule has 0 radical (unpaired) electrons. The molecule has 0 fully saturated rings. The number of carbonyl (C=O) groups excluding carboxylic acids is 2. The van der Waals surface area contributed by atoms with Crippen molar-refractivity contribution >= 4 is 23.5 Å². The lowest BCUT2D eigenvalue weighted by atomic mass is 10.0. The first-order chi connectivity index (χ1) is 12.7. The van der Waals surface area contributed by atoms with Gasteiger partial charge in [0.25, 0.3) is 5.91 Å². The molecular weight excluding hydrogens is 369 g/mol. The summed E-state index contributed by atoms with van der Waals surface area (Å²) in [5, 5.41) is 15.6.